The molecule has 0 fully saturated rings. The number of nitrogens with zero attached hydrogens (tertiary/aromatic N) is 1. The maximum atomic E-state index is 12.0. The summed E-state index contributed by atoms with van der Waals surface area (Å²) < 4.78 is 0. The molecule has 106 valence electrons. The molecule has 0 spiro atoms. The van der Waals surface area contributed by atoms with Gasteiger partial charge in [0.25, 0.3) is 5.91 Å². The fourth-order valence-corrected chi connectivity index (χ4v) is 2.19. The van der Waals surface area contributed by atoms with Crippen LogP contribution in [0.4, 0.5) is 0 Å². The van der Waals surface area contributed by atoms with Gasteiger partial charge >= 0.3 is 0 Å². The van der Waals surface area contributed by atoms with E-state index >= 15 is 0 Å². The average molecular weight is 264 g/mol. The molecule has 2 N–H and O–H groups in total. The lowest BCUT2D eigenvalue weighted by molar-refractivity contribution is -0.907. The Bertz CT molecular complexity index is 366. The molecule has 0 atom stereocenters. The van der Waals surface area contributed by atoms with Gasteiger partial charge in [0, 0.05) is 24.2 Å². The molecule has 1 aromatic rings. The number of hydrogen-bond donors (Lipinski definition) is 2. The second-order valence-electron chi connectivity index (χ2n) is 5.87. The fraction of sp³-hybridized carbons (Fsp3) is 0.600. The van der Waals surface area contributed by atoms with Gasteiger partial charge in [0.2, 0.25) is 0 Å². The van der Waals surface area contributed by atoms with E-state index in [1.54, 1.807) is 24.5 Å². The number of nitrogens with one attached hydrogen (secondary N) is 2. The van der Waals surface area contributed by atoms with Crippen LogP contribution in [0.3, 0.4) is 0 Å². The van der Waals surface area contributed by atoms with Gasteiger partial charge < -0.3 is 10.2 Å². The van der Waals surface area contributed by atoms with Crippen LogP contribution in [0.15, 0.2) is 24.5 Å². The molecule has 0 saturated heterocycles. The van der Waals surface area contributed by atoms with E-state index in [0.29, 0.717) is 24.1 Å². The van der Waals surface area contributed by atoms with E-state index in [9.17, 15) is 4.79 Å². The van der Waals surface area contributed by atoms with Gasteiger partial charge in [-0.3, -0.25) is 9.78 Å². The molecular formula is C15H26N3O+. The molecule has 1 amide bonds. The zero-order chi connectivity index (χ0) is 14.3. The second-order valence-corrected chi connectivity index (χ2v) is 5.87. The van der Waals surface area contributed by atoms with Crippen molar-refractivity contribution in [3.05, 3.63) is 30.1 Å². The van der Waals surface area contributed by atoms with Gasteiger partial charge in [-0.05, 0) is 12.1 Å². The predicted octanol–water partition coefficient (Wildman–Crippen LogP) is 0.966. The third-order valence-electron chi connectivity index (χ3n) is 2.82. The lowest BCUT2D eigenvalue weighted by atomic mass is 10.1. The highest BCUT2D eigenvalue weighted by atomic mass is 16.1. The molecule has 1 rings (SSSR count). The number of pyridine rings is 1. The Labute approximate surface area is 116 Å². The van der Waals surface area contributed by atoms with Crippen LogP contribution in [-0.2, 0) is 0 Å². The van der Waals surface area contributed by atoms with Gasteiger partial charge in [-0.15, -0.1) is 0 Å². The Morgan fingerprint density at radius 3 is 2.37 bits per heavy atom. The highest BCUT2D eigenvalue weighted by molar-refractivity contribution is 5.93. The number of carbonyl (C=O) groups is 1. The Kier molecular flexibility index (Phi) is 6.50. The van der Waals surface area contributed by atoms with Crippen molar-refractivity contribution in [1.29, 1.82) is 0 Å². The minimum absolute atomic E-state index is 0.0434. The van der Waals surface area contributed by atoms with Crippen molar-refractivity contribution in [2.24, 2.45) is 11.8 Å². The van der Waals surface area contributed by atoms with Crippen molar-refractivity contribution in [3.63, 3.8) is 0 Å². The fourth-order valence-electron chi connectivity index (χ4n) is 2.19. The van der Waals surface area contributed by atoms with Crippen LogP contribution in [0, 0.1) is 11.8 Å². The Hall–Kier alpha value is -1.42. The zero-order valence-electron chi connectivity index (χ0n) is 12.4. The van der Waals surface area contributed by atoms with Crippen molar-refractivity contribution in [2.45, 2.75) is 27.7 Å². The van der Waals surface area contributed by atoms with E-state index in [2.05, 4.69) is 38.0 Å². The number of quaternary nitrogens is 1. The predicted molar refractivity (Wildman–Crippen MR) is 76.9 cm³/mol. The van der Waals surface area contributed by atoms with Crippen molar-refractivity contribution < 1.29 is 9.69 Å². The maximum Gasteiger partial charge on any atom is 0.257 e. The van der Waals surface area contributed by atoms with Crippen LogP contribution in [0.25, 0.3) is 0 Å². The van der Waals surface area contributed by atoms with Gasteiger partial charge in [0.05, 0.1) is 18.7 Å². The number of aromatic nitrogens is 1. The molecule has 4 nitrogen and oxygen atoms in total. The summed E-state index contributed by atoms with van der Waals surface area (Å²) in [6.07, 6.45) is 3.27. The highest BCUT2D eigenvalue weighted by Gasteiger charge is 2.14. The lowest BCUT2D eigenvalue weighted by Crippen LogP contribution is -3.14. The van der Waals surface area contributed by atoms with E-state index in [1.165, 1.54) is 4.90 Å². The first-order valence-corrected chi connectivity index (χ1v) is 7.00. The third kappa shape index (κ3) is 6.34. The van der Waals surface area contributed by atoms with E-state index in [4.69, 9.17) is 0 Å². The van der Waals surface area contributed by atoms with E-state index < -0.39 is 0 Å². The molecule has 0 aliphatic carbocycles. The third-order valence-corrected chi connectivity index (χ3v) is 2.82. The molecule has 1 aromatic heterocycles. The number of amides is 1. The van der Waals surface area contributed by atoms with E-state index in [-0.39, 0.29) is 5.91 Å². The van der Waals surface area contributed by atoms with Crippen molar-refractivity contribution in [1.82, 2.24) is 10.3 Å². The van der Waals surface area contributed by atoms with Crippen LogP contribution in [-0.4, -0.2) is 30.6 Å². The first kappa shape index (κ1) is 15.6. The summed E-state index contributed by atoms with van der Waals surface area (Å²) >= 11 is 0. The van der Waals surface area contributed by atoms with Crippen LogP contribution in [0.1, 0.15) is 38.1 Å². The molecule has 4 heteroatoms. The van der Waals surface area contributed by atoms with Gasteiger partial charge in [-0.2, -0.15) is 0 Å². The largest absolute Gasteiger partial charge is 0.318 e. The van der Waals surface area contributed by atoms with Crippen LogP contribution < -0.4 is 10.2 Å². The minimum Gasteiger partial charge on any atom is -0.318 e. The maximum absolute atomic E-state index is 12.0. The van der Waals surface area contributed by atoms with Crippen molar-refractivity contribution in [2.75, 3.05) is 19.8 Å². The number of carbonyl (C=O) groups excluding carboxylic acids is 1. The molecular weight excluding hydrogens is 238 g/mol. The monoisotopic (exact) mass is 264 g/mol. The Morgan fingerprint density at radius 2 is 1.89 bits per heavy atom. The normalized spacial score (nSPS) is 11.3. The smallest absolute Gasteiger partial charge is 0.257 e. The molecule has 0 radical (unpaired) electrons. The van der Waals surface area contributed by atoms with Crippen molar-refractivity contribution in [3.8, 4) is 0 Å². The molecule has 0 bridgehead atoms. The van der Waals surface area contributed by atoms with Crippen LogP contribution in [0.5, 0.6) is 0 Å². The number of hydrogen-bond acceptors (Lipinski definition) is 2. The summed E-state index contributed by atoms with van der Waals surface area (Å²) in [6, 6.07) is 3.56. The highest BCUT2D eigenvalue weighted by Crippen LogP contribution is 1.94. The molecule has 0 saturated carbocycles. The van der Waals surface area contributed by atoms with Gasteiger partial charge in [0.1, 0.15) is 0 Å². The summed E-state index contributed by atoms with van der Waals surface area (Å²) in [4.78, 5) is 17.3. The zero-order valence-corrected chi connectivity index (χ0v) is 12.4. The molecule has 0 aliphatic rings. The molecule has 0 aliphatic heterocycles. The van der Waals surface area contributed by atoms with Gasteiger partial charge in [-0.25, -0.2) is 0 Å². The van der Waals surface area contributed by atoms with Gasteiger partial charge in [0.15, 0.2) is 6.67 Å². The second kappa shape index (κ2) is 7.89. The average Bonchev–Trinajstić information content (AvgIpc) is 2.35. The molecule has 19 heavy (non-hydrogen) atoms. The summed E-state index contributed by atoms with van der Waals surface area (Å²) in [6.45, 7) is 11.7. The quantitative estimate of drug-likeness (QED) is 0.721. The van der Waals surface area contributed by atoms with Crippen LogP contribution >= 0.6 is 0 Å². The first-order valence-electron chi connectivity index (χ1n) is 7.00. The van der Waals surface area contributed by atoms with E-state index in [1.807, 2.05) is 0 Å². The summed E-state index contributed by atoms with van der Waals surface area (Å²) in [5.74, 6) is 1.21. The summed E-state index contributed by atoms with van der Waals surface area (Å²) in [5.41, 5.74) is 0.621. The molecule has 1 heterocycles. The lowest BCUT2D eigenvalue weighted by Gasteiger charge is -2.23. The number of rotatable bonds is 7. The van der Waals surface area contributed by atoms with Gasteiger partial charge in [-0.1, -0.05) is 27.7 Å². The van der Waals surface area contributed by atoms with Crippen LogP contribution in [0.2, 0.25) is 0 Å². The SMILES string of the molecule is CC(C)C[NH+](CNC(=O)c1cccnc1)CC(C)C. The summed E-state index contributed by atoms with van der Waals surface area (Å²) in [5, 5.41) is 2.99. The first-order chi connectivity index (χ1) is 8.99. The molecule has 0 aromatic carbocycles. The Balaban J connectivity index is 2.49. The minimum atomic E-state index is -0.0434. The van der Waals surface area contributed by atoms with Crippen molar-refractivity contribution >= 4 is 5.91 Å². The summed E-state index contributed by atoms with van der Waals surface area (Å²) in [7, 11) is 0. The molecule has 0 unspecified atom stereocenters. The standard InChI is InChI=1S/C15H25N3O/c1-12(2)9-18(10-13(3)4)11-17-15(19)14-6-5-7-16-8-14/h5-8,12-13H,9-11H2,1-4H3,(H,17,19)/p+1. The Morgan fingerprint density at radius 1 is 1.26 bits per heavy atom. The topological polar surface area (TPSA) is 46.4 Å². The van der Waals surface area contributed by atoms with E-state index in [0.717, 1.165) is 13.1 Å².